The first-order valence-electron chi connectivity index (χ1n) is 2.02. The summed E-state index contributed by atoms with van der Waals surface area (Å²) in [4.78, 5) is 20.3. The fourth-order valence-corrected chi connectivity index (χ4v) is 0.270. The van der Waals surface area contributed by atoms with E-state index in [1.54, 1.807) is 0 Å². The van der Waals surface area contributed by atoms with Crippen LogP contribution in [0.2, 0.25) is 0 Å². The van der Waals surface area contributed by atoms with E-state index in [0.29, 0.717) is 0 Å². The van der Waals surface area contributed by atoms with Crippen LogP contribution in [0.25, 0.3) is 0 Å². The Balaban J connectivity index is 4.00. The minimum Gasteiger partial charge on any atom is -0.340 e. The van der Waals surface area contributed by atoms with E-state index in [-0.39, 0.29) is 0 Å². The Kier molecular flexibility index (Phi) is 3.49. The molecule has 0 heterocycles. The van der Waals surface area contributed by atoms with Gasteiger partial charge in [0.05, 0.1) is 0 Å². The molecule has 3 nitrogen and oxygen atoms in total. The summed E-state index contributed by atoms with van der Waals surface area (Å²) in [5, 5.41) is 0. The average Bonchev–Trinajstić information content (AvgIpc) is 1.87. The Labute approximate surface area is 57.1 Å². The fourth-order valence-electron chi connectivity index (χ4n) is 0.200. The molecule has 0 saturated heterocycles. The number of halogens is 1. The Morgan fingerprint density at radius 2 is 2.11 bits per heavy atom. The van der Waals surface area contributed by atoms with E-state index in [2.05, 4.69) is 22.1 Å². The molecule has 0 spiro atoms. The lowest BCUT2D eigenvalue weighted by Crippen LogP contribution is -2.10. The maximum Gasteiger partial charge on any atom is 0.406 e. The summed E-state index contributed by atoms with van der Waals surface area (Å²) in [6.45, 7) is 1.43. The van der Waals surface area contributed by atoms with Crippen molar-refractivity contribution in [3.05, 3.63) is 0 Å². The predicted octanol–water partition coefficient (Wildman–Crippen LogP) is 0.276. The number of Topliss-reactive ketones (excluding diaryl/α,β-unsaturated/α-hetero) is 1. The van der Waals surface area contributed by atoms with Gasteiger partial charge in [-0.25, -0.2) is 4.79 Å². The van der Waals surface area contributed by atoms with Crippen LogP contribution in [-0.2, 0) is 13.9 Å². The van der Waals surface area contributed by atoms with Gasteiger partial charge in [-0.15, -0.1) is 0 Å². The van der Waals surface area contributed by atoms with Crippen LogP contribution >= 0.6 is 11.9 Å². The molecule has 0 bridgehead atoms. The molecule has 0 unspecified atom stereocenters. The van der Waals surface area contributed by atoms with E-state index < -0.39 is 11.8 Å². The lowest BCUT2D eigenvalue weighted by atomic mass is 10.4. The van der Waals surface area contributed by atoms with Gasteiger partial charge in [-0.3, -0.25) is 4.79 Å². The number of carbonyl (C=O) groups excluding carboxylic acids is 2. The number of carbonyl (C=O) groups is 2. The molecule has 0 fully saturated rings. The molecule has 0 aromatic heterocycles. The van der Waals surface area contributed by atoms with Crippen LogP contribution in [0.3, 0.4) is 0 Å². The van der Waals surface area contributed by atoms with E-state index >= 15 is 0 Å². The Morgan fingerprint density at radius 1 is 1.56 bits per heavy atom. The molecular formula is C5H3ClO3. The fraction of sp³-hybridized carbons (Fsp3) is 0.200. The summed E-state index contributed by atoms with van der Waals surface area (Å²) in [7, 11) is 0. The lowest BCUT2D eigenvalue weighted by Gasteiger charge is -1.82. The summed E-state index contributed by atoms with van der Waals surface area (Å²) >= 11 is 4.54. The molecule has 0 saturated carbocycles. The zero-order valence-electron chi connectivity index (χ0n) is 4.60. The van der Waals surface area contributed by atoms with E-state index in [1.165, 1.54) is 6.92 Å². The first kappa shape index (κ1) is 7.99. The Bertz CT molecular complexity index is 186. The maximum absolute atomic E-state index is 10.2. The number of hydrogen-bond donors (Lipinski definition) is 0. The zero-order chi connectivity index (χ0) is 7.28. The van der Waals surface area contributed by atoms with Gasteiger partial charge in [0.25, 0.3) is 0 Å². The van der Waals surface area contributed by atoms with Gasteiger partial charge in [0.2, 0.25) is 0 Å². The summed E-state index contributed by atoms with van der Waals surface area (Å²) in [5.74, 6) is 2.09. The van der Waals surface area contributed by atoms with Crippen molar-refractivity contribution < 1.29 is 13.9 Å². The van der Waals surface area contributed by atoms with Crippen LogP contribution in [0.15, 0.2) is 0 Å². The van der Waals surface area contributed by atoms with E-state index in [4.69, 9.17) is 0 Å². The first-order chi connectivity index (χ1) is 4.22. The van der Waals surface area contributed by atoms with Crippen LogP contribution in [0.1, 0.15) is 6.92 Å². The number of rotatable bonds is 1. The normalized spacial score (nSPS) is 6.89. The van der Waals surface area contributed by atoms with Gasteiger partial charge in [-0.2, -0.15) is 0 Å². The second-order valence-corrected chi connectivity index (χ2v) is 1.22. The van der Waals surface area contributed by atoms with Crippen LogP contribution in [-0.4, -0.2) is 11.8 Å². The summed E-state index contributed by atoms with van der Waals surface area (Å²) < 4.78 is 3.55. The number of ketones is 1. The van der Waals surface area contributed by atoms with Crippen LogP contribution in [0.5, 0.6) is 0 Å². The van der Waals surface area contributed by atoms with Crippen molar-refractivity contribution in [3.63, 3.8) is 0 Å². The Morgan fingerprint density at radius 3 is 2.44 bits per heavy atom. The van der Waals surface area contributed by atoms with E-state index in [1.807, 2.05) is 5.92 Å². The van der Waals surface area contributed by atoms with Gasteiger partial charge in [-0.05, 0) is 12.8 Å². The number of hydrogen-bond acceptors (Lipinski definition) is 3. The molecule has 0 rings (SSSR count). The highest BCUT2D eigenvalue weighted by Gasteiger charge is 2.10. The van der Waals surface area contributed by atoms with E-state index in [9.17, 15) is 9.59 Å². The van der Waals surface area contributed by atoms with Crippen LogP contribution in [0.4, 0.5) is 0 Å². The summed E-state index contributed by atoms with van der Waals surface area (Å²) in [6, 6.07) is 0. The second-order valence-electron chi connectivity index (χ2n) is 1.07. The lowest BCUT2D eigenvalue weighted by molar-refractivity contribution is -0.144. The van der Waals surface area contributed by atoms with Crippen molar-refractivity contribution >= 4 is 23.6 Å². The summed E-state index contributed by atoms with van der Waals surface area (Å²) in [6.07, 6.45) is 0. The molecule has 4 heteroatoms. The van der Waals surface area contributed by atoms with Crippen molar-refractivity contribution in [1.82, 2.24) is 0 Å². The van der Waals surface area contributed by atoms with Crippen molar-refractivity contribution in [2.45, 2.75) is 6.92 Å². The van der Waals surface area contributed by atoms with Crippen molar-refractivity contribution in [2.24, 2.45) is 0 Å². The third-order valence-electron chi connectivity index (χ3n) is 0.494. The largest absolute Gasteiger partial charge is 0.406 e. The Hall–Kier alpha value is -1.01. The standard InChI is InChI=1S/C5H3ClO3/c1-2-3-4(7)5(8)9-6/h1H3. The third kappa shape index (κ3) is 2.73. The summed E-state index contributed by atoms with van der Waals surface area (Å²) in [5.41, 5.74) is 0. The quantitative estimate of drug-likeness (QED) is 0.303. The molecule has 48 valence electrons. The molecule has 0 N–H and O–H groups in total. The van der Waals surface area contributed by atoms with Gasteiger partial charge < -0.3 is 4.29 Å². The maximum atomic E-state index is 10.2. The highest BCUT2D eigenvalue weighted by Crippen LogP contribution is 1.82. The van der Waals surface area contributed by atoms with Crippen molar-refractivity contribution in [3.8, 4) is 11.8 Å². The molecular weight excluding hydrogens is 144 g/mol. The smallest absolute Gasteiger partial charge is 0.340 e. The van der Waals surface area contributed by atoms with Gasteiger partial charge in [-0.1, -0.05) is 5.92 Å². The minimum atomic E-state index is -1.15. The highest BCUT2D eigenvalue weighted by atomic mass is 35.5. The van der Waals surface area contributed by atoms with Crippen LogP contribution < -0.4 is 0 Å². The molecule has 0 aromatic carbocycles. The van der Waals surface area contributed by atoms with Gasteiger partial charge in [0.1, 0.15) is 11.9 Å². The predicted molar refractivity (Wildman–Crippen MR) is 30.4 cm³/mol. The zero-order valence-corrected chi connectivity index (χ0v) is 5.36. The molecule has 0 atom stereocenters. The first-order valence-corrected chi connectivity index (χ1v) is 2.33. The molecule has 0 aliphatic carbocycles. The molecule has 0 amide bonds. The third-order valence-corrected chi connectivity index (χ3v) is 0.634. The monoisotopic (exact) mass is 146 g/mol. The van der Waals surface area contributed by atoms with E-state index in [0.717, 1.165) is 0 Å². The average molecular weight is 147 g/mol. The van der Waals surface area contributed by atoms with Gasteiger partial charge >= 0.3 is 11.8 Å². The topological polar surface area (TPSA) is 43.4 Å². The van der Waals surface area contributed by atoms with Crippen molar-refractivity contribution in [2.75, 3.05) is 0 Å². The van der Waals surface area contributed by atoms with Crippen molar-refractivity contribution in [1.29, 1.82) is 0 Å². The molecule has 0 aliphatic rings. The second kappa shape index (κ2) is 3.93. The molecule has 0 aliphatic heterocycles. The SMILES string of the molecule is CC#CC(=O)C(=O)OCl. The van der Waals surface area contributed by atoms with Crippen LogP contribution in [0, 0.1) is 11.8 Å². The van der Waals surface area contributed by atoms with Gasteiger partial charge in [0, 0.05) is 0 Å². The molecule has 0 radical (unpaired) electrons. The molecule has 0 aromatic rings. The minimum absolute atomic E-state index is 0.937. The molecule has 9 heavy (non-hydrogen) atoms. The van der Waals surface area contributed by atoms with Gasteiger partial charge in [0.15, 0.2) is 0 Å². The highest BCUT2D eigenvalue weighted by molar-refractivity contribution is 6.44.